The van der Waals surface area contributed by atoms with Crippen LogP contribution in [-0.4, -0.2) is 71.0 Å². The lowest BCUT2D eigenvalue weighted by Crippen LogP contribution is -2.51. The number of hydrogen-bond donors (Lipinski definition) is 1. The number of rotatable bonds is 3. The average molecular weight is 355 g/mol. The summed E-state index contributed by atoms with van der Waals surface area (Å²) in [6, 6.07) is 9.56. The molecule has 0 atom stereocenters. The molecular weight excluding hydrogens is 330 g/mol. The van der Waals surface area contributed by atoms with E-state index in [1.807, 2.05) is 30.0 Å². The summed E-state index contributed by atoms with van der Waals surface area (Å²) in [5.74, 6) is 0.604. The van der Waals surface area contributed by atoms with Crippen molar-refractivity contribution in [1.82, 2.24) is 24.7 Å². The summed E-state index contributed by atoms with van der Waals surface area (Å²) >= 11 is 0. The minimum absolute atomic E-state index is 0.0617. The molecule has 2 heterocycles. The fourth-order valence-corrected chi connectivity index (χ4v) is 3.22. The van der Waals surface area contributed by atoms with Crippen molar-refractivity contribution in [2.75, 3.05) is 40.3 Å². The maximum Gasteiger partial charge on any atom is 0.319 e. The van der Waals surface area contributed by atoms with Crippen molar-refractivity contribution in [2.24, 2.45) is 0 Å². The molecule has 0 bridgehead atoms. The number of carbonyl (C=O) groups excluding carboxylic acids is 1. The van der Waals surface area contributed by atoms with Crippen LogP contribution >= 0.6 is 0 Å². The topological polar surface area (TPSA) is 72.5 Å². The molecule has 7 heteroatoms. The lowest BCUT2D eigenvalue weighted by molar-refractivity contribution is 0.120. The Morgan fingerprint density at radius 3 is 2.54 bits per heavy atom. The van der Waals surface area contributed by atoms with Gasteiger partial charge in [-0.1, -0.05) is 24.3 Å². The van der Waals surface area contributed by atoms with Crippen LogP contribution in [0.2, 0.25) is 0 Å². The molecule has 138 valence electrons. The maximum absolute atomic E-state index is 12.1. The number of H-pyrrole nitrogens is 1. The van der Waals surface area contributed by atoms with Crippen LogP contribution in [0.5, 0.6) is 0 Å². The van der Waals surface area contributed by atoms with E-state index >= 15 is 0 Å². The molecule has 1 fully saturated rings. The van der Waals surface area contributed by atoms with Crippen LogP contribution < -0.4 is 5.56 Å². The number of benzene rings is 1. The van der Waals surface area contributed by atoms with Crippen molar-refractivity contribution in [1.29, 1.82) is 0 Å². The van der Waals surface area contributed by atoms with Crippen LogP contribution in [0.15, 0.2) is 35.1 Å². The number of urea groups is 1. The highest BCUT2D eigenvalue weighted by Crippen LogP contribution is 2.21. The van der Waals surface area contributed by atoms with Gasteiger partial charge in [-0.05, 0) is 12.5 Å². The van der Waals surface area contributed by atoms with Gasteiger partial charge in [-0.15, -0.1) is 0 Å². The Hall–Kier alpha value is -2.67. The second-order valence-electron chi connectivity index (χ2n) is 6.83. The lowest BCUT2D eigenvalue weighted by atomic mass is 10.1. The zero-order valence-corrected chi connectivity index (χ0v) is 15.5. The highest BCUT2D eigenvalue weighted by molar-refractivity contribution is 5.73. The largest absolute Gasteiger partial charge is 0.331 e. The summed E-state index contributed by atoms with van der Waals surface area (Å²) in [5.41, 5.74) is 2.63. The molecule has 2 aromatic rings. The number of amides is 2. The van der Waals surface area contributed by atoms with Gasteiger partial charge in [-0.3, -0.25) is 9.69 Å². The molecule has 0 unspecified atom stereocenters. The average Bonchev–Trinajstić information content (AvgIpc) is 2.61. The number of nitrogens with zero attached hydrogens (tertiary/aromatic N) is 4. The van der Waals surface area contributed by atoms with Gasteiger partial charge in [0.25, 0.3) is 5.56 Å². The Kier molecular flexibility index (Phi) is 5.37. The molecule has 0 saturated carbocycles. The van der Waals surface area contributed by atoms with E-state index in [0.29, 0.717) is 11.5 Å². The third-order valence-corrected chi connectivity index (χ3v) is 4.56. The Balaban J connectivity index is 1.74. The molecule has 2 amide bonds. The van der Waals surface area contributed by atoms with Crippen molar-refractivity contribution in [3.8, 4) is 11.4 Å². The van der Waals surface area contributed by atoms with E-state index in [2.05, 4.69) is 20.9 Å². The van der Waals surface area contributed by atoms with Crippen molar-refractivity contribution in [3.05, 3.63) is 51.9 Å². The summed E-state index contributed by atoms with van der Waals surface area (Å²) in [6.45, 7) is 5.68. The second-order valence-corrected chi connectivity index (χ2v) is 6.83. The molecule has 1 aliphatic rings. The van der Waals surface area contributed by atoms with Gasteiger partial charge in [0.15, 0.2) is 0 Å². The molecular formula is C19H25N5O2. The molecule has 1 aliphatic heterocycles. The molecule has 0 radical (unpaired) electrons. The van der Waals surface area contributed by atoms with Crippen LogP contribution in [0.25, 0.3) is 11.4 Å². The summed E-state index contributed by atoms with van der Waals surface area (Å²) in [6.07, 6.45) is 0. The number of aromatic nitrogens is 2. The first-order valence-corrected chi connectivity index (χ1v) is 8.79. The van der Waals surface area contributed by atoms with E-state index in [1.165, 1.54) is 6.07 Å². The Labute approximate surface area is 153 Å². The highest BCUT2D eigenvalue weighted by Gasteiger charge is 2.22. The number of aryl methyl sites for hydroxylation is 1. The Bertz CT molecular complexity index is 838. The normalized spacial score (nSPS) is 15.1. The van der Waals surface area contributed by atoms with Crippen LogP contribution in [0.1, 0.15) is 11.3 Å². The quantitative estimate of drug-likeness (QED) is 0.907. The number of nitrogens with one attached hydrogen (secondary N) is 1. The summed E-state index contributed by atoms with van der Waals surface area (Å²) < 4.78 is 0. The lowest BCUT2D eigenvalue weighted by Gasteiger charge is -2.36. The summed E-state index contributed by atoms with van der Waals surface area (Å²) in [7, 11) is 3.56. The number of hydrogen-bond acceptors (Lipinski definition) is 4. The SMILES string of the molecule is Cc1cc(=O)[nH]c(-c2ccccc2CN2CCN(C(=O)N(C)C)CC2)n1. The molecule has 1 N–H and O–H groups in total. The first kappa shape index (κ1) is 18.1. The van der Waals surface area contributed by atoms with Crippen molar-refractivity contribution in [2.45, 2.75) is 13.5 Å². The van der Waals surface area contributed by atoms with E-state index in [-0.39, 0.29) is 11.6 Å². The van der Waals surface area contributed by atoms with Gasteiger partial charge in [0.2, 0.25) is 0 Å². The van der Waals surface area contributed by atoms with Gasteiger partial charge < -0.3 is 14.8 Å². The van der Waals surface area contributed by atoms with Gasteiger partial charge in [0.1, 0.15) is 5.82 Å². The molecule has 0 spiro atoms. The van der Waals surface area contributed by atoms with E-state index in [9.17, 15) is 9.59 Å². The van der Waals surface area contributed by atoms with E-state index in [1.54, 1.807) is 19.0 Å². The monoisotopic (exact) mass is 355 g/mol. The predicted molar refractivity (Wildman–Crippen MR) is 101 cm³/mol. The first-order valence-electron chi connectivity index (χ1n) is 8.79. The molecule has 0 aliphatic carbocycles. The third-order valence-electron chi connectivity index (χ3n) is 4.56. The van der Waals surface area contributed by atoms with Gasteiger partial charge in [0.05, 0.1) is 0 Å². The zero-order chi connectivity index (χ0) is 18.7. The summed E-state index contributed by atoms with van der Waals surface area (Å²) in [4.78, 5) is 37.0. The smallest absolute Gasteiger partial charge is 0.319 e. The Morgan fingerprint density at radius 2 is 1.88 bits per heavy atom. The minimum Gasteiger partial charge on any atom is -0.331 e. The number of carbonyl (C=O) groups is 1. The fraction of sp³-hybridized carbons (Fsp3) is 0.421. The van der Waals surface area contributed by atoms with Crippen LogP contribution in [-0.2, 0) is 6.54 Å². The second kappa shape index (κ2) is 7.70. The van der Waals surface area contributed by atoms with Crippen LogP contribution in [0.4, 0.5) is 4.79 Å². The van der Waals surface area contributed by atoms with Gasteiger partial charge in [-0.2, -0.15) is 0 Å². The van der Waals surface area contributed by atoms with Crippen molar-refractivity contribution >= 4 is 6.03 Å². The van der Waals surface area contributed by atoms with E-state index in [4.69, 9.17) is 0 Å². The molecule has 1 aromatic carbocycles. The highest BCUT2D eigenvalue weighted by atomic mass is 16.2. The zero-order valence-electron chi connectivity index (χ0n) is 15.5. The fourth-order valence-electron chi connectivity index (χ4n) is 3.22. The minimum atomic E-state index is -0.141. The van der Waals surface area contributed by atoms with Gasteiger partial charge in [-0.25, -0.2) is 9.78 Å². The standard InChI is InChI=1S/C19H25N5O2/c1-14-12-17(25)21-18(20-14)16-7-5-4-6-15(16)13-23-8-10-24(11-9-23)19(26)22(2)3/h4-7,12H,8-11,13H2,1-3H3,(H,20,21,25). The maximum atomic E-state index is 12.1. The van der Waals surface area contributed by atoms with Crippen LogP contribution in [0.3, 0.4) is 0 Å². The molecule has 1 aromatic heterocycles. The Morgan fingerprint density at radius 1 is 1.19 bits per heavy atom. The number of aromatic amines is 1. The number of piperazine rings is 1. The van der Waals surface area contributed by atoms with E-state index < -0.39 is 0 Å². The molecule has 7 nitrogen and oxygen atoms in total. The molecule has 1 saturated heterocycles. The van der Waals surface area contributed by atoms with Gasteiger partial charge >= 0.3 is 6.03 Å². The van der Waals surface area contributed by atoms with Crippen molar-refractivity contribution < 1.29 is 4.79 Å². The van der Waals surface area contributed by atoms with Gasteiger partial charge in [0, 0.05) is 64.1 Å². The summed E-state index contributed by atoms with van der Waals surface area (Å²) in [5, 5.41) is 0. The molecule has 26 heavy (non-hydrogen) atoms. The van der Waals surface area contributed by atoms with E-state index in [0.717, 1.165) is 43.9 Å². The predicted octanol–water partition coefficient (Wildman–Crippen LogP) is 1.54. The van der Waals surface area contributed by atoms with Crippen molar-refractivity contribution in [3.63, 3.8) is 0 Å². The molecule has 3 rings (SSSR count). The van der Waals surface area contributed by atoms with Crippen LogP contribution in [0, 0.1) is 6.92 Å². The first-order chi connectivity index (χ1) is 12.4. The third kappa shape index (κ3) is 4.11.